The first-order chi connectivity index (χ1) is 9.83. The Kier molecular flexibility index (Phi) is 5.08. The van der Waals surface area contributed by atoms with Crippen LogP contribution in [0.4, 0.5) is 4.79 Å². The van der Waals surface area contributed by atoms with Crippen LogP contribution >= 0.6 is 0 Å². The van der Waals surface area contributed by atoms with Gasteiger partial charge < -0.3 is 15.0 Å². The number of nitrogens with zero attached hydrogens (tertiary/aromatic N) is 3. The van der Waals surface area contributed by atoms with E-state index in [4.69, 9.17) is 4.74 Å². The van der Waals surface area contributed by atoms with Gasteiger partial charge in [-0.1, -0.05) is 0 Å². The van der Waals surface area contributed by atoms with Gasteiger partial charge in [-0.15, -0.1) is 0 Å². The van der Waals surface area contributed by atoms with Gasteiger partial charge in [-0.05, 0) is 47.2 Å². The van der Waals surface area contributed by atoms with Crippen molar-refractivity contribution in [2.24, 2.45) is 4.99 Å². The Bertz CT molecular complexity index is 403. The molecule has 1 unspecified atom stereocenters. The average Bonchev–Trinajstić information content (AvgIpc) is 2.37. The van der Waals surface area contributed by atoms with Gasteiger partial charge in [0.2, 0.25) is 0 Å². The van der Waals surface area contributed by atoms with E-state index in [2.05, 4.69) is 22.3 Å². The molecule has 2 aliphatic heterocycles. The second-order valence-electron chi connectivity index (χ2n) is 6.98. The number of carbonyl (C=O) groups is 1. The smallest absolute Gasteiger partial charge is 0.410 e. The first-order valence-corrected chi connectivity index (χ1v) is 7.80. The third kappa shape index (κ3) is 5.19. The summed E-state index contributed by atoms with van der Waals surface area (Å²) in [6.45, 7) is 9.66. The van der Waals surface area contributed by atoms with Gasteiger partial charge in [-0.25, -0.2) is 4.79 Å². The summed E-state index contributed by atoms with van der Waals surface area (Å²) in [6, 6.07) is 0.432. The van der Waals surface area contributed by atoms with Crippen LogP contribution in [0.15, 0.2) is 4.99 Å². The summed E-state index contributed by atoms with van der Waals surface area (Å²) >= 11 is 0. The molecule has 2 rings (SSSR count). The number of amides is 1. The number of amidine groups is 1. The summed E-state index contributed by atoms with van der Waals surface area (Å²) in [6.07, 6.45) is 2.12. The van der Waals surface area contributed by atoms with Gasteiger partial charge >= 0.3 is 6.09 Å². The number of piperidine rings is 1. The molecule has 6 heteroatoms. The second-order valence-corrected chi connectivity index (χ2v) is 6.98. The molecule has 0 radical (unpaired) electrons. The molecule has 6 nitrogen and oxygen atoms in total. The molecule has 0 aliphatic carbocycles. The van der Waals surface area contributed by atoms with Gasteiger partial charge in [0.15, 0.2) is 0 Å². The largest absolute Gasteiger partial charge is 0.444 e. The molecule has 120 valence electrons. The van der Waals surface area contributed by atoms with Crippen LogP contribution in [0.2, 0.25) is 0 Å². The molecule has 0 aromatic heterocycles. The maximum atomic E-state index is 12.1. The van der Waals surface area contributed by atoms with Crippen molar-refractivity contribution in [1.29, 1.82) is 0 Å². The molecule has 1 atom stereocenters. The van der Waals surface area contributed by atoms with Gasteiger partial charge in [0, 0.05) is 19.1 Å². The molecule has 0 aromatic carbocycles. The summed E-state index contributed by atoms with van der Waals surface area (Å²) in [5.74, 6) is 0.910. The molecule has 0 bridgehead atoms. The minimum Gasteiger partial charge on any atom is -0.444 e. The van der Waals surface area contributed by atoms with E-state index in [9.17, 15) is 4.79 Å². The molecular formula is C15H28N4O2. The third-order valence-corrected chi connectivity index (χ3v) is 3.66. The topological polar surface area (TPSA) is 57.2 Å². The Hall–Kier alpha value is -1.30. The SMILES string of the molecule is CN1CCCC(NC2=NCCN(C(=O)OC(C)(C)C)C2)C1. The predicted octanol–water partition coefficient (Wildman–Crippen LogP) is 1.32. The highest BCUT2D eigenvalue weighted by Crippen LogP contribution is 2.12. The van der Waals surface area contributed by atoms with E-state index in [1.54, 1.807) is 4.90 Å². The zero-order valence-electron chi connectivity index (χ0n) is 13.7. The van der Waals surface area contributed by atoms with Gasteiger partial charge in [-0.2, -0.15) is 0 Å². The number of hydrogen-bond donors (Lipinski definition) is 1. The lowest BCUT2D eigenvalue weighted by molar-refractivity contribution is 0.0275. The lowest BCUT2D eigenvalue weighted by Gasteiger charge is -2.34. The maximum Gasteiger partial charge on any atom is 0.410 e. The number of likely N-dealkylation sites (N-methyl/N-ethyl adjacent to an activating group) is 1. The molecular weight excluding hydrogens is 268 g/mol. The highest BCUT2D eigenvalue weighted by Gasteiger charge is 2.26. The first kappa shape index (κ1) is 16.1. The van der Waals surface area contributed by atoms with E-state index in [-0.39, 0.29) is 6.09 Å². The maximum absolute atomic E-state index is 12.1. The number of ether oxygens (including phenoxy) is 1. The monoisotopic (exact) mass is 296 g/mol. The number of carbonyl (C=O) groups excluding carboxylic acids is 1. The number of aliphatic imine (C=N–C) groups is 1. The summed E-state index contributed by atoms with van der Waals surface area (Å²) in [5.41, 5.74) is -0.453. The van der Waals surface area contributed by atoms with Crippen LogP contribution in [0, 0.1) is 0 Å². The van der Waals surface area contributed by atoms with Crippen LogP contribution in [0.1, 0.15) is 33.6 Å². The van der Waals surface area contributed by atoms with Crippen LogP contribution in [0.5, 0.6) is 0 Å². The zero-order valence-corrected chi connectivity index (χ0v) is 13.7. The van der Waals surface area contributed by atoms with Crippen molar-refractivity contribution in [1.82, 2.24) is 15.1 Å². The molecule has 0 aromatic rings. The first-order valence-electron chi connectivity index (χ1n) is 7.80. The van der Waals surface area contributed by atoms with Crippen molar-refractivity contribution in [3.8, 4) is 0 Å². The van der Waals surface area contributed by atoms with E-state index in [1.807, 2.05) is 20.8 Å². The Morgan fingerprint density at radius 1 is 1.38 bits per heavy atom. The quantitative estimate of drug-likeness (QED) is 0.793. The van der Waals surface area contributed by atoms with Crippen molar-refractivity contribution in [3.05, 3.63) is 0 Å². The van der Waals surface area contributed by atoms with Crippen LogP contribution in [-0.2, 0) is 4.74 Å². The van der Waals surface area contributed by atoms with Crippen molar-refractivity contribution < 1.29 is 9.53 Å². The van der Waals surface area contributed by atoms with Gasteiger partial charge in [0.1, 0.15) is 11.4 Å². The van der Waals surface area contributed by atoms with Crippen molar-refractivity contribution in [2.45, 2.75) is 45.3 Å². The second kappa shape index (κ2) is 6.64. The number of likely N-dealkylation sites (tertiary alicyclic amines) is 1. The normalized spacial score (nSPS) is 24.5. The third-order valence-electron chi connectivity index (χ3n) is 3.66. The van der Waals surface area contributed by atoms with Crippen molar-refractivity contribution in [2.75, 3.05) is 39.8 Å². The fourth-order valence-corrected chi connectivity index (χ4v) is 2.71. The fourth-order valence-electron chi connectivity index (χ4n) is 2.71. The fraction of sp³-hybridized carbons (Fsp3) is 0.867. The summed E-state index contributed by atoms with van der Waals surface area (Å²) in [5, 5.41) is 3.49. The summed E-state index contributed by atoms with van der Waals surface area (Å²) in [7, 11) is 2.14. The zero-order chi connectivity index (χ0) is 15.5. The molecule has 21 heavy (non-hydrogen) atoms. The highest BCUT2D eigenvalue weighted by atomic mass is 16.6. The Morgan fingerprint density at radius 3 is 2.81 bits per heavy atom. The molecule has 0 saturated carbocycles. The summed E-state index contributed by atoms with van der Waals surface area (Å²) in [4.78, 5) is 20.7. The van der Waals surface area contributed by atoms with Crippen molar-refractivity contribution >= 4 is 11.9 Å². The predicted molar refractivity (Wildman–Crippen MR) is 83.8 cm³/mol. The van der Waals surface area contributed by atoms with E-state index in [1.165, 1.54) is 6.42 Å². The molecule has 1 amide bonds. The van der Waals surface area contributed by atoms with E-state index in [0.29, 0.717) is 25.7 Å². The number of hydrogen-bond acceptors (Lipinski definition) is 5. The van der Waals surface area contributed by atoms with Crippen LogP contribution < -0.4 is 5.32 Å². The standard InChI is InChI=1S/C15H28N4O2/c1-15(2,3)21-14(20)19-9-7-16-13(11-19)17-12-6-5-8-18(4)10-12/h12H,5-11H2,1-4H3,(H,16,17). The Morgan fingerprint density at radius 2 is 2.14 bits per heavy atom. The number of nitrogens with one attached hydrogen (secondary N) is 1. The Labute approximate surface area is 127 Å². The minimum atomic E-state index is -0.453. The lowest BCUT2D eigenvalue weighted by atomic mass is 10.1. The van der Waals surface area contributed by atoms with Gasteiger partial charge in [0.05, 0.1) is 13.1 Å². The molecule has 2 heterocycles. The number of rotatable bonds is 1. The van der Waals surface area contributed by atoms with Gasteiger partial charge in [-0.3, -0.25) is 9.89 Å². The molecule has 1 fully saturated rings. The average molecular weight is 296 g/mol. The minimum absolute atomic E-state index is 0.252. The highest BCUT2D eigenvalue weighted by molar-refractivity contribution is 5.88. The molecule has 2 aliphatic rings. The Balaban J connectivity index is 1.85. The summed E-state index contributed by atoms with van der Waals surface area (Å²) < 4.78 is 5.43. The molecule has 1 saturated heterocycles. The van der Waals surface area contributed by atoms with Crippen molar-refractivity contribution in [3.63, 3.8) is 0 Å². The molecule has 0 spiro atoms. The van der Waals surface area contributed by atoms with Crippen LogP contribution in [-0.4, -0.2) is 73.1 Å². The lowest BCUT2D eigenvalue weighted by Crippen LogP contribution is -2.52. The van der Waals surface area contributed by atoms with Crippen LogP contribution in [0.3, 0.4) is 0 Å². The van der Waals surface area contributed by atoms with E-state index >= 15 is 0 Å². The molecule has 1 N–H and O–H groups in total. The van der Waals surface area contributed by atoms with Gasteiger partial charge in [0.25, 0.3) is 0 Å². The van der Waals surface area contributed by atoms with E-state index in [0.717, 1.165) is 25.3 Å². The van der Waals surface area contributed by atoms with Crippen LogP contribution in [0.25, 0.3) is 0 Å². The van der Waals surface area contributed by atoms with E-state index < -0.39 is 5.60 Å².